The molecule has 2 nitrogen and oxygen atoms in total. The molecule has 11 aromatic rings. The summed E-state index contributed by atoms with van der Waals surface area (Å²) in [5, 5.41) is 2.50. The standard InChI is InChI=1S/C66H50N2/c1-65(2)59-24-14-11-21-52(59)54-37-33-49(41-61(54)65)67(50-34-38-55-53-22-12-15-25-60(53)66(3,4)62(55)42-50)48-31-27-43(28-32-48)45-29-35-51(44-17-7-5-8-18-44)58(39-45)46-30-36-57-56-23-13-16-26-63(56)68(64(57)40-46)47-19-9-6-10-20-47/h5-42H,1-4H3. The number of para-hydroxylation sites is 2. The van der Waals surface area contributed by atoms with Crippen molar-refractivity contribution in [3.05, 3.63) is 253 Å². The van der Waals surface area contributed by atoms with Gasteiger partial charge in [0.1, 0.15) is 0 Å². The zero-order valence-corrected chi connectivity index (χ0v) is 38.8. The largest absolute Gasteiger partial charge is 0.310 e. The molecule has 1 aromatic heterocycles. The highest BCUT2D eigenvalue weighted by atomic mass is 15.1. The van der Waals surface area contributed by atoms with E-state index in [9.17, 15) is 0 Å². The van der Waals surface area contributed by atoms with Crippen LogP contribution in [0.1, 0.15) is 49.9 Å². The number of rotatable bonds is 7. The van der Waals surface area contributed by atoms with Gasteiger partial charge in [0.25, 0.3) is 0 Å². The second-order valence-electron chi connectivity index (χ2n) is 19.7. The lowest BCUT2D eigenvalue weighted by atomic mass is 9.82. The van der Waals surface area contributed by atoms with Gasteiger partial charge in [-0.25, -0.2) is 0 Å². The summed E-state index contributed by atoms with van der Waals surface area (Å²) >= 11 is 0. The molecule has 13 rings (SSSR count). The zero-order chi connectivity index (χ0) is 45.7. The Hall–Kier alpha value is -8.20. The van der Waals surface area contributed by atoms with E-state index >= 15 is 0 Å². The van der Waals surface area contributed by atoms with Crippen LogP contribution in [0.3, 0.4) is 0 Å². The molecular weight excluding hydrogens is 821 g/mol. The molecule has 0 bridgehead atoms. The summed E-state index contributed by atoms with van der Waals surface area (Å²) in [4.78, 5) is 2.47. The van der Waals surface area contributed by atoms with E-state index in [1.165, 1.54) is 99.7 Å². The molecule has 0 atom stereocenters. The summed E-state index contributed by atoms with van der Waals surface area (Å²) in [5.41, 5.74) is 24.7. The molecule has 2 heteroatoms. The minimum Gasteiger partial charge on any atom is -0.310 e. The SMILES string of the molecule is CC1(C)c2ccccc2-c2ccc(N(c3ccc(-c4ccc(-c5ccccc5)c(-c5ccc6c7ccccc7n(-c7ccccc7)c6c5)c4)cc3)c3ccc4c(c3)C(C)(C)c3ccccc3-4)cc21. The van der Waals surface area contributed by atoms with E-state index in [1.807, 2.05) is 0 Å². The van der Waals surface area contributed by atoms with Crippen molar-refractivity contribution in [2.45, 2.75) is 38.5 Å². The maximum atomic E-state index is 2.47. The first-order chi connectivity index (χ1) is 33.2. The van der Waals surface area contributed by atoms with Crippen LogP contribution in [0.4, 0.5) is 17.1 Å². The summed E-state index contributed by atoms with van der Waals surface area (Å²) in [6, 6.07) is 85.6. The molecule has 324 valence electrons. The Bertz CT molecular complexity index is 3670. The molecule has 2 aliphatic carbocycles. The highest BCUT2D eigenvalue weighted by Crippen LogP contribution is 2.53. The summed E-state index contributed by atoms with van der Waals surface area (Å²) in [6.07, 6.45) is 0. The molecule has 2 aliphatic rings. The fraction of sp³-hybridized carbons (Fsp3) is 0.0909. The fourth-order valence-electron chi connectivity index (χ4n) is 11.7. The van der Waals surface area contributed by atoms with Crippen molar-refractivity contribution in [3.8, 4) is 61.3 Å². The number of fused-ring (bicyclic) bond motifs is 9. The third-order valence-corrected chi connectivity index (χ3v) is 15.2. The van der Waals surface area contributed by atoms with Crippen molar-refractivity contribution in [1.29, 1.82) is 0 Å². The van der Waals surface area contributed by atoms with Crippen LogP contribution >= 0.6 is 0 Å². The van der Waals surface area contributed by atoms with Gasteiger partial charge in [0, 0.05) is 44.4 Å². The topological polar surface area (TPSA) is 8.17 Å². The summed E-state index contributed by atoms with van der Waals surface area (Å²) in [5.74, 6) is 0. The molecule has 0 spiro atoms. The lowest BCUT2D eigenvalue weighted by Gasteiger charge is -2.30. The number of hydrogen-bond acceptors (Lipinski definition) is 1. The third-order valence-electron chi connectivity index (χ3n) is 15.2. The lowest BCUT2D eigenvalue weighted by molar-refractivity contribution is 0.660. The Morgan fingerprint density at radius 3 is 1.43 bits per heavy atom. The van der Waals surface area contributed by atoms with Crippen LogP contribution in [0.5, 0.6) is 0 Å². The monoisotopic (exact) mass is 870 g/mol. The van der Waals surface area contributed by atoms with Gasteiger partial charge in [-0.05, 0) is 145 Å². The first kappa shape index (κ1) is 40.1. The summed E-state index contributed by atoms with van der Waals surface area (Å²) in [7, 11) is 0. The maximum absolute atomic E-state index is 2.47. The number of nitrogens with zero attached hydrogens (tertiary/aromatic N) is 2. The highest BCUT2D eigenvalue weighted by Gasteiger charge is 2.37. The Kier molecular flexibility index (Phi) is 8.95. The molecule has 0 N–H and O–H groups in total. The molecular formula is C66H50N2. The van der Waals surface area contributed by atoms with Gasteiger partial charge in [0.15, 0.2) is 0 Å². The second-order valence-corrected chi connectivity index (χ2v) is 19.7. The highest BCUT2D eigenvalue weighted by molar-refractivity contribution is 6.10. The lowest BCUT2D eigenvalue weighted by Crippen LogP contribution is -2.18. The number of benzene rings is 10. The molecule has 0 radical (unpaired) electrons. The molecule has 0 unspecified atom stereocenters. The Morgan fingerprint density at radius 1 is 0.294 bits per heavy atom. The van der Waals surface area contributed by atoms with Crippen LogP contribution < -0.4 is 4.90 Å². The summed E-state index contributed by atoms with van der Waals surface area (Å²) in [6.45, 7) is 9.48. The predicted molar refractivity (Wildman–Crippen MR) is 287 cm³/mol. The van der Waals surface area contributed by atoms with Crippen LogP contribution in [-0.4, -0.2) is 4.57 Å². The summed E-state index contributed by atoms with van der Waals surface area (Å²) < 4.78 is 2.41. The molecule has 0 saturated carbocycles. The van der Waals surface area contributed by atoms with Crippen LogP contribution in [0.15, 0.2) is 231 Å². The average Bonchev–Trinajstić information content (AvgIpc) is 3.93. The number of anilines is 3. The molecule has 0 amide bonds. The molecule has 0 saturated heterocycles. The van der Waals surface area contributed by atoms with Gasteiger partial charge in [-0.1, -0.05) is 191 Å². The van der Waals surface area contributed by atoms with Crippen LogP contribution in [0, 0.1) is 0 Å². The Labute approximate surface area is 399 Å². The number of aromatic nitrogens is 1. The second kappa shape index (κ2) is 15.2. The fourth-order valence-corrected chi connectivity index (χ4v) is 11.7. The normalized spacial score (nSPS) is 13.8. The van der Waals surface area contributed by atoms with Crippen molar-refractivity contribution in [2.75, 3.05) is 4.90 Å². The van der Waals surface area contributed by atoms with Gasteiger partial charge in [0.2, 0.25) is 0 Å². The van der Waals surface area contributed by atoms with Crippen molar-refractivity contribution >= 4 is 38.9 Å². The zero-order valence-electron chi connectivity index (χ0n) is 38.8. The van der Waals surface area contributed by atoms with E-state index in [0.29, 0.717) is 0 Å². The Morgan fingerprint density at radius 2 is 0.779 bits per heavy atom. The van der Waals surface area contributed by atoms with E-state index < -0.39 is 0 Å². The average molecular weight is 871 g/mol. The van der Waals surface area contributed by atoms with Gasteiger partial charge < -0.3 is 9.47 Å². The van der Waals surface area contributed by atoms with Gasteiger partial charge in [-0.3, -0.25) is 0 Å². The molecule has 0 aliphatic heterocycles. The molecule has 1 heterocycles. The van der Waals surface area contributed by atoms with Crippen molar-refractivity contribution in [3.63, 3.8) is 0 Å². The molecule has 0 fully saturated rings. The third kappa shape index (κ3) is 6.10. The minimum atomic E-state index is -0.120. The van der Waals surface area contributed by atoms with Crippen LogP contribution in [0.2, 0.25) is 0 Å². The first-order valence-electron chi connectivity index (χ1n) is 23.9. The van der Waals surface area contributed by atoms with Crippen LogP contribution in [-0.2, 0) is 10.8 Å². The van der Waals surface area contributed by atoms with E-state index in [1.54, 1.807) is 0 Å². The maximum Gasteiger partial charge on any atom is 0.0547 e. The predicted octanol–water partition coefficient (Wildman–Crippen LogP) is 17.9. The van der Waals surface area contributed by atoms with E-state index in [-0.39, 0.29) is 10.8 Å². The van der Waals surface area contributed by atoms with Gasteiger partial charge in [-0.2, -0.15) is 0 Å². The van der Waals surface area contributed by atoms with E-state index in [4.69, 9.17) is 0 Å². The smallest absolute Gasteiger partial charge is 0.0547 e. The van der Waals surface area contributed by atoms with Crippen molar-refractivity contribution < 1.29 is 0 Å². The Balaban J connectivity index is 0.945. The van der Waals surface area contributed by atoms with Gasteiger partial charge in [-0.15, -0.1) is 0 Å². The molecule has 68 heavy (non-hydrogen) atoms. The van der Waals surface area contributed by atoms with Crippen LogP contribution in [0.25, 0.3) is 83.1 Å². The minimum absolute atomic E-state index is 0.120. The first-order valence-corrected chi connectivity index (χ1v) is 23.9. The van der Waals surface area contributed by atoms with Gasteiger partial charge >= 0.3 is 0 Å². The number of hydrogen-bond donors (Lipinski definition) is 0. The van der Waals surface area contributed by atoms with Gasteiger partial charge in [0.05, 0.1) is 11.0 Å². The van der Waals surface area contributed by atoms with E-state index in [2.05, 4.69) is 268 Å². The van der Waals surface area contributed by atoms with Crippen molar-refractivity contribution in [2.24, 2.45) is 0 Å². The molecule has 10 aromatic carbocycles. The van der Waals surface area contributed by atoms with E-state index in [0.717, 1.165) is 22.7 Å². The van der Waals surface area contributed by atoms with Crippen molar-refractivity contribution in [1.82, 2.24) is 4.57 Å². The quantitative estimate of drug-likeness (QED) is 0.155.